The molecule has 0 radical (unpaired) electrons. The largest absolute Gasteiger partial charge is 0.393 e. The molecule has 0 saturated carbocycles. The minimum Gasteiger partial charge on any atom is -0.393 e. The second-order valence-corrected chi connectivity index (χ2v) is 4.90. The highest BCUT2D eigenvalue weighted by Gasteiger charge is 2.13. The molecule has 3 rings (SSSR count). The van der Waals surface area contributed by atoms with Crippen molar-refractivity contribution in [2.24, 2.45) is 0 Å². The van der Waals surface area contributed by atoms with Gasteiger partial charge in [0.25, 0.3) is 0 Å². The van der Waals surface area contributed by atoms with E-state index in [1.807, 2.05) is 65.7 Å². The molecule has 5 nitrogen and oxygen atoms in total. The van der Waals surface area contributed by atoms with Crippen molar-refractivity contribution in [3.63, 3.8) is 0 Å². The molecule has 0 aliphatic heterocycles. The molecule has 0 saturated heterocycles. The number of nitrogens with one attached hydrogen (secondary N) is 1. The Kier molecular flexibility index (Phi) is 4.07. The Morgan fingerprint density at radius 3 is 1.95 bits per heavy atom. The van der Waals surface area contributed by atoms with Gasteiger partial charge in [-0.1, -0.05) is 48.0 Å². The zero-order chi connectivity index (χ0) is 15.4. The summed E-state index contributed by atoms with van der Waals surface area (Å²) in [6, 6.07) is 19.7. The predicted molar refractivity (Wildman–Crippen MR) is 90.1 cm³/mol. The first-order chi connectivity index (χ1) is 10.8. The van der Waals surface area contributed by atoms with E-state index < -0.39 is 0 Å². The van der Waals surface area contributed by atoms with Crippen molar-refractivity contribution in [1.82, 2.24) is 9.97 Å². The Morgan fingerprint density at radius 2 is 1.41 bits per heavy atom. The van der Waals surface area contributed by atoms with E-state index in [9.17, 15) is 0 Å². The van der Waals surface area contributed by atoms with Gasteiger partial charge in [0.05, 0.1) is 11.4 Å². The Balaban J connectivity index is 2.01. The molecule has 3 aromatic rings. The standard InChI is InChI=1S/C16H14ClN5/c17-15-14(18)16(20-11-19-15)21-22(12-7-3-1-4-8-12)13-9-5-2-6-10-13/h1-11H,18H2,(H,19,20,21). The van der Waals surface area contributed by atoms with Crippen LogP contribution in [0.3, 0.4) is 0 Å². The molecule has 0 bridgehead atoms. The number of rotatable bonds is 4. The lowest BCUT2D eigenvalue weighted by atomic mass is 10.2. The highest BCUT2D eigenvalue weighted by atomic mass is 35.5. The van der Waals surface area contributed by atoms with Crippen molar-refractivity contribution in [3.8, 4) is 0 Å². The quantitative estimate of drug-likeness (QED) is 0.565. The number of benzene rings is 2. The lowest BCUT2D eigenvalue weighted by Crippen LogP contribution is -2.25. The molecular weight excluding hydrogens is 298 g/mol. The molecule has 22 heavy (non-hydrogen) atoms. The summed E-state index contributed by atoms with van der Waals surface area (Å²) >= 11 is 5.95. The van der Waals surface area contributed by atoms with E-state index in [2.05, 4.69) is 15.4 Å². The van der Waals surface area contributed by atoms with Gasteiger partial charge < -0.3 is 5.73 Å². The van der Waals surface area contributed by atoms with Gasteiger partial charge in [0, 0.05) is 0 Å². The maximum atomic E-state index is 5.95. The number of halogens is 1. The fraction of sp³-hybridized carbons (Fsp3) is 0. The molecule has 3 N–H and O–H groups in total. The van der Waals surface area contributed by atoms with Gasteiger partial charge in [-0.15, -0.1) is 0 Å². The third-order valence-electron chi connectivity index (χ3n) is 3.08. The van der Waals surface area contributed by atoms with E-state index in [0.717, 1.165) is 11.4 Å². The fourth-order valence-corrected chi connectivity index (χ4v) is 2.13. The van der Waals surface area contributed by atoms with E-state index >= 15 is 0 Å². The lowest BCUT2D eigenvalue weighted by molar-refractivity contribution is 1.09. The SMILES string of the molecule is Nc1c(Cl)ncnc1NN(c1ccccc1)c1ccccc1. The number of aromatic nitrogens is 2. The Hall–Kier alpha value is -2.79. The summed E-state index contributed by atoms with van der Waals surface area (Å²) in [6.07, 6.45) is 1.37. The van der Waals surface area contributed by atoms with Gasteiger partial charge >= 0.3 is 0 Å². The number of hydrogen-bond acceptors (Lipinski definition) is 5. The van der Waals surface area contributed by atoms with Gasteiger partial charge in [-0.3, -0.25) is 10.4 Å². The van der Waals surface area contributed by atoms with Crippen LogP contribution in [-0.2, 0) is 0 Å². The van der Waals surface area contributed by atoms with Crippen LogP contribution in [0, 0.1) is 0 Å². The van der Waals surface area contributed by atoms with Crippen molar-refractivity contribution < 1.29 is 0 Å². The van der Waals surface area contributed by atoms with E-state index in [0.29, 0.717) is 11.5 Å². The number of anilines is 4. The molecule has 0 unspecified atom stereocenters. The third-order valence-corrected chi connectivity index (χ3v) is 3.38. The lowest BCUT2D eigenvalue weighted by Gasteiger charge is -2.26. The van der Waals surface area contributed by atoms with E-state index in [1.54, 1.807) is 0 Å². The van der Waals surface area contributed by atoms with Gasteiger partial charge in [-0.05, 0) is 24.3 Å². The predicted octanol–water partition coefficient (Wildman–Crippen LogP) is 3.88. The summed E-state index contributed by atoms with van der Waals surface area (Å²) in [5.74, 6) is 0.452. The van der Waals surface area contributed by atoms with E-state index in [4.69, 9.17) is 17.3 Å². The van der Waals surface area contributed by atoms with Crippen LogP contribution in [0.5, 0.6) is 0 Å². The first kappa shape index (κ1) is 14.2. The van der Waals surface area contributed by atoms with Crippen molar-refractivity contribution in [3.05, 3.63) is 72.1 Å². The second-order valence-electron chi connectivity index (χ2n) is 4.55. The first-order valence-electron chi connectivity index (χ1n) is 6.68. The molecule has 0 amide bonds. The normalized spacial score (nSPS) is 10.2. The number of hydrazine groups is 1. The minimum atomic E-state index is 0.221. The molecule has 6 heteroatoms. The average Bonchev–Trinajstić information content (AvgIpc) is 2.58. The van der Waals surface area contributed by atoms with Crippen LogP contribution in [-0.4, -0.2) is 9.97 Å². The van der Waals surface area contributed by atoms with Crippen LogP contribution < -0.4 is 16.2 Å². The maximum absolute atomic E-state index is 5.95. The molecule has 2 aromatic carbocycles. The summed E-state index contributed by atoms with van der Waals surface area (Å²) in [5, 5.41) is 2.10. The Morgan fingerprint density at radius 1 is 0.864 bits per heavy atom. The topological polar surface area (TPSA) is 67.1 Å². The second kappa shape index (κ2) is 6.32. The number of nitrogen functional groups attached to an aromatic ring is 1. The van der Waals surface area contributed by atoms with Crippen molar-refractivity contribution in [1.29, 1.82) is 0 Å². The van der Waals surface area contributed by atoms with Crippen molar-refractivity contribution in [2.75, 3.05) is 16.2 Å². The van der Waals surface area contributed by atoms with Gasteiger partial charge in [-0.2, -0.15) is 0 Å². The fourth-order valence-electron chi connectivity index (χ4n) is 2.00. The molecule has 0 atom stereocenters. The average molecular weight is 312 g/mol. The van der Waals surface area contributed by atoms with Crippen molar-refractivity contribution >= 4 is 34.5 Å². The monoisotopic (exact) mass is 311 g/mol. The van der Waals surface area contributed by atoms with E-state index in [1.165, 1.54) is 6.33 Å². The molecule has 0 fully saturated rings. The van der Waals surface area contributed by atoms with Gasteiger partial charge in [0.2, 0.25) is 0 Å². The summed E-state index contributed by atoms with van der Waals surface area (Å²) in [6.45, 7) is 0. The Bertz CT molecular complexity index is 709. The molecule has 0 aliphatic rings. The molecule has 0 aliphatic carbocycles. The summed E-state index contributed by atoms with van der Waals surface area (Å²) in [7, 11) is 0. The smallest absolute Gasteiger partial charge is 0.173 e. The highest BCUT2D eigenvalue weighted by Crippen LogP contribution is 2.28. The van der Waals surface area contributed by atoms with Gasteiger partial charge in [0.15, 0.2) is 11.0 Å². The molecule has 1 heterocycles. The third kappa shape index (κ3) is 2.94. The maximum Gasteiger partial charge on any atom is 0.173 e. The van der Waals surface area contributed by atoms with Crippen LogP contribution >= 0.6 is 11.6 Å². The molecular formula is C16H14ClN5. The zero-order valence-corrected chi connectivity index (χ0v) is 12.4. The summed E-state index contributed by atoms with van der Waals surface area (Å²) < 4.78 is 0. The van der Waals surface area contributed by atoms with Gasteiger partial charge in [0.1, 0.15) is 12.0 Å². The van der Waals surface area contributed by atoms with Crippen LogP contribution in [0.15, 0.2) is 67.0 Å². The van der Waals surface area contributed by atoms with Crippen LogP contribution in [0.2, 0.25) is 5.15 Å². The number of hydrogen-bond donors (Lipinski definition) is 2. The van der Waals surface area contributed by atoms with Crippen LogP contribution in [0.4, 0.5) is 22.9 Å². The minimum absolute atomic E-state index is 0.221. The zero-order valence-electron chi connectivity index (χ0n) is 11.6. The van der Waals surface area contributed by atoms with E-state index in [-0.39, 0.29) is 5.15 Å². The van der Waals surface area contributed by atoms with Crippen LogP contribution in [0.1, 0.15) is 0 Å². The number of nitrogens with two attached hydrogens (primary N) is 1. The molecule has 0 spiro atoms. The Labute approximate surface area is 133 Å². The summed E-state index contributed by atoms with van der Waals surface area (Å²) in [4.78, 5) is 8.02. The van der Waals surface area contributed by atoms with Gasteiger partial charge in [-0.25, -0.2) is 9.97 Å². The number of para-hydroxylation sites is 2. The summed E-state index contributed by atoms with van der Waals surface area (Å²) in [5.41, 5.74) is 11.3. The first-order valence-corrected chi connectivity index (χ1v) is 7.06. The highest BCUT2D eigenvalue weighted by molar-refractivity contribution is 6.32. The molecule has 110 valence electrons. The van der Waals surface area contributed by atoms with Crippen molar-refractivity contribution in [2.45, 2.75) is 0 Å². The van der Waals surface area contributed by atoms with Crippen LogP contribution in [0.25, 0.3) is 0 Å². The number of nitrogens with zero attached hydrogens (tertiary/aromatic N) is 3. The molecule has 1 aromatic heterocycles.